The van der Waals surface area contributed by atoms with Gasteiger partial charge < -0.3 is 16.3 Å². The zero-order valence-corrected chi connectivity index (χ0v) is 10.5. The minimum atomic E-state index is -0.448. The molecule has 1 aliphatic rings. The van der Waals surface area contributed by atoms with E-state index in [0.29, 0.717) is 18.5 Å². The van der Waals surface area contributed by atoms with Gasteiger partial charge in [-0.05, 0) is 36.5 Å². The zero-order chi connectivity index (χ0) is 13.9. The summed E-state index contributed by atoms with van der Waals surface area (Å²) in [5, 5.41) is 14.6. The molecule has 1 aromatic carbocycles. The Kier molecular flexibility index (Phi) is 3.99. The Labute approximate surface area is 110 Å². The fourth-order valence-corrected chi connectivity index (χ4v) is 2.15. The summed E-state index contributed by atoms with van der Waals surface area (Å²) in [5.41, 5.74) is 5.79. The minimum absolute atomic E-state index is 0.000114. The van der Waals surface area contributed by atoms with E-state index in [-0.39, 0.29) is 17.8 Å². The van der Waals surface area contributed by atoms with E-state index in [1.807, 2.05) is 0 Å². The van der Waals surface area contributed by atoms with Gasteiger partial charge in [0.25, 0.3) is 0 Å². The Hall–Kier alpha value is -1.69. The Morgan fingerprint density at radius 3 is 2.79 bits per heavy atom. The van der Waals surface area contributed by atoms with Crippen molar-refractivity contribution in [3.63, 3.8) is 0 Å². The number of hydrogen-bond acceptors (Lipinski definition) is 3. The number of oxime groups is 1. The molecule has 4 nitrogen and oxygen atoms in total. The zero-order valence-electron chi connectivity index (χ0n) is 10.5. The summed E-state index contributed by atoms with van der Waals surface area (Å²) < 4.78 is 26.4. The van der Waals surface area contributed by atoms with Gasteiger partial charge in [-0.15, -0.1) is 0 Å². The van der Waals surface area contributed by atoms with Crippen LogP contribution >= 0.6 is 0 Å². The lowest BCUT2D eigenvalue weighted by atomic mass is 10.0. The van der Waals surface area contributed by atoms with Crippen molar-refractivity contribution in [3.8, 4) is 0 Å². The number of rotatable bonds is 6. The van der Waals surface area contributed by atoms with Gasteiger partial charge in [-0.2, -0.15) is 0 Å². The maximum absolute atomic E-state index is 13.4. The molecule has 0 amide bonds. The monoisotopic (exact) mass is 269 g/mol. The molecular weight excluding hydrogens is 252 g/mol. The summed E-state index contributed by atoms with van der Waals surface area (Å²) >= 11 is 0. The molecule has 0 aliphatic heterocycles. The topological polar surface area (TPSA) is 70.6 Å². The van der Waals surface area contributed by atoms with E-state index in [1.54, 1.807) is 0 Å². The van der Waals surface area contributed by atoms with Gasteiger partial charge in [0.15, 0.2) is 0 Å². The lowest BCUT2D eigenvalue weighted by molar-refractivity contribution is 0.314. The molecular formula is C13H17F2N3O. The molecule has 1 saturated carbocycles. The van der Waals surface area contributed by atoms with E-state index in [4.69, 9.17) is 10.9 Å². The molecule has 1 fully saturated rings. The standard InChI is InChI=1S/C13H17F2N3O/c14-10-1-2-11(15)9(5-10)7-17-8-13(3-4-13)6-12(16)18-19/h1-2,5,17,19H,3-4,6-8H2,(H2,16,18). The molecule has 0 heterocycles. The molecule has 0 saturated heterocycles. The lowest BCUT2D eigenvalue weighted by Gasteiger charge is -2.15. The molecule has 104 valence electrons. The summed E-state index contributed by atoms with van der Waals surface area (Å²) in [4.78, 5) is 0. The molecule has 0 atom stereocenters. The molecule has 1 aromatic rings. The highest BCUT2D eigenvalue weighted by Crippen LogP contribution is 2.48. The van der Waals surface area contributed by atoms with Crippen LogP contribution in [0.5, 0.6) is 0 Å². The van der Waals surface area contributed by atoms with Crippen LogP contribution in [0.2, 0.25) is 0 Å². The van der Waals surface area contributed by atoms with Crippen molar-refractivity contribution in [1.29, 1.82) is 0 Å². The fourth-order valence-electron chi connectivity index (χ4n) is 2.15. The van der Waals surface area contributed by atoms with E-state index in [0.717, 1.165) is 25.0 Å². The first kappa shape index (κ1) is 13.7. The second kappa shape index (κ2) is 5.52. The highest BCUT2D eigenvalue weighted by Gasteiger charge is 2.42. The average Bonchev–Trinajstić information content (AvgIpc) is 3.13. The van der Waals surface area contributed by atoms with E-state index < -0.39 is 11.6 Å². The summed E-state index contributed by atoms with van der Waals surface area (Å²) in [7, 11) is 0. The third kappa shape index (κ3) is 3.64. The summed E-state index contributed by atoms with van der Waals surface area (Å²) in [6, 6.07) is 3.40. The van der Waals surface area contributed by atoms with Crippen molar-refractivity contribution >= 4 is 5.84 Å². The minimum Gasteiger partial charge on any atom is -0.409 e. The Bertz CT molecular complexity index is 487. The van der Waals surface area contributed by atoms with Crippen molar-refractivity contribution in [3.05, 3.63) is 35.4 Å². The van der Waals surface area contributed by atoms with Crippen LogP contribution < -0.4 is 11.1 Å². The van der Waals surface area contributed by atoms with E-state index in [9.17, 15) is 8.78 Å². The van der Waals surface area contributed by atoms with Crippen LogP contribution in [0.25, 0.3) is 0 Å². The second-order valence-corrected chi connectivity index (χ2v) is 5.11. The van der Waals surface area contributed by atoms with Crippen molar-refractivity contribution < 1.29 is 14.0 Å². The van der Waals surface area contributed by atoms with E-state index >= 15 is 0 Å². The molecule has 2 rings (SSSR count). The third-order valence-electron chi connectivity index (χ3n) is 3.46. The SMILES string of the molecule is NC(CC1(CNCc2cc(F)ccc2F)CC1)=NO. The van der Waals surface area contributed by atoms with Gasteiger partial charge in [-0.1, -0.05) is 5.16 Å². The summed E-state index contributed by atoms with van der Waals surface area (Å²) in [6.07, 6.45) is 2.49. The predicted molar refractivity (Wildman–Crippen MR) is 67.8 cm³/mol. The van der Waals surface area contributed by atoms with Crippen LogP contribution in [0.3, 0.4) is 0 Å². The number of nitrogens with two attached hydrogens (primary N) is 1. The van der Waals surface area contributed by atoms with Gasteiger partial charge >= 0.3 is 0 Å². The quantitative estimate of drug-likeness (QED) is 0.320. The highest BCUT2D eigenvalue weighted by molar-refractivity contribution is 5.80. The molecule has 0 radical (unpaired) electrons. The van der Waals surface area contributed by atoms with Crippen LogP contribution in [0.1, 0.15) is 24.8 Å². The molecule has 0 bridgehead atoms. The first-order valence-corrected chi connectivity index (χ1v) is 6.16. The summed E-state index contributed by atoms with van der Waals surface area (Å²) in [6.45, 7) is 0.903. The van der Waals surface area contributed by atoms with Crippen LogP contribution in [-0.2, 0) is 6.54 Å². The lowest BCUT2D eigenvalue weighted by Crippen LogP contribution is -2.28. The Morgan fingerprint density at radius 2 is 2.16 bits per heavy atom. The van der Waals surface area contributed by atoms with Crippen molar-refractivity contribution in [2.24, 2.45) is 16.3 Å². The predicted octanol–water partition coefficient (Wildman–Crippen LogP) is 1.97. The molecule has 6 heteroatoms. The van der Waals surface area contributed by atoms with Crippen molar-refractivity contribution in [2.75, 3.05) is 6.54 Å². The molecule has 0 spiro atoms. The van der Waals surface area contributed by atoms with Crippen molar-refractivity contribution in [2.45, 2.75) is 25.8 Å². The van der Waals surface area contributed by atoms with Crippen molar-refractivity contribution in [1.82, 2.24) is 5.32 Å². The largest absolute Gasteiger partial charge is 0.409 e. The average molecular weight is 269 g/mol. The molecule has 1 aliphatic carbocycles. The first-order chi connectivity index (χ1) is 9.04. The Morgan fingerprint density at radius 1 is 1.42 bits per heavy atom. The number of benzene rings is 1. The number of amidine groups is 1. The third-order valence-corrected chi connectivity index (χ3v) is 3.46. The Balaban J connectivity index is 1.85. The van der Waals surface area contributed by atoms with Gasteiger partial charge in [0.2, 0.25) is 0 Å². The van der Waals surface area contributed by atoms with E-state index in [1.165, 1.54) is 6.07 Å². The maximum atomic E-state index is 13.4. The molecule has 4 N–H and O–H groups in total. The van der Waals surface area contributed by atoms with Crippen LogP contribution in [0.4, 0.5) is 8.78 Å². The van der Waals surface area contributed by atoms with E-state index in [2.05, 4.69) is 10.5 Å². The van der Waals surface area contributed by atoms with Gasteiger partial charge in [0.05, 0.1) is 0 Å². The number of nitrogens with one attached hydrogen (secondary N) is 1. The summed E-state index contributed by atoms with van der Waals surface area (Å²) in [5.74, 6) is -0.664. The van der Waals surface area contributed by atoms with Crippen LogP contribution in [-0.4, -0.2) is 17.6 Å². The number of hydrogen-bond donors (Lipinski definition) is 3. The maximum Gasteiger partial charge on any atom is 0.139 e. The van der Waals surface area contributed by atoms with Gasteiger partial charge in [-0.3, -0.25) is 0 Å². The van der Waals surface area contributed by atoms with Gasteiger partial charge in [0.1, 0.15) is 17.5 Å². The molecule has 0 aromatic heterocycles. The van der Waals surface area contributed by atoms with Crippen LogP contribution in [0, 0.1) is 17.0 Å². The number of nitrogens with zero attached hydrogens (tertiary/aromatic N) is 1. The number of halogens is 2. The highest BCUT2D eigenvalue weighted by atomic mass is 19.1. The fraction of sp³-hybridized carbons (Fsp3) is 0.462. The second-order valence-electron chi connectivity index (χ2n) is 5.11. The van der Waals surface area contributed by atoms with Crippen LogP contribution in [0.15, 0.2) is 23.4 Å². The smallest absolute Gasteiger partial charge is 0.139 e. The van der Waals surface area contributed by atoms with Gasteiger partial charge in [0, 0.05) is 25.1 Å². The molecule has 19 heavy (non-hydrogen) atoms. The molecule has 0 unspecified atom stereocenters. The van der Waals surface area contributed by atoms with Gasteiger partial charge in [-0.25, -0.2) is 8.78 Å². The normalized spacial score (nSPS) is 17.5. The first-order valence-electron chi connectivity index (χ1n) is 6.16.